The van der Waals surface area contributed by atoms with Crippen LogP contribution in [0.3, 0.4) is 0 Å². The number of aromatic amines is 1. The van der Waals surface area contributed by atoms with Crippen LogP contribution in [0, 0.1) is 0 Å². The molecule has 0 unspecified atom stereocenters. The van der Waals surface area contributed by atoms with Crippen LogP contribution in [-0.2, 0) is 97.3 Å². The van der Waals surface area contributed by atoms with E-state index in [0.29, 0.717) is 102 Å². The Morgan fingerprint density at radius 2 is 0.743 bits per heavy atom. The van der Waals surface area contributed by atoms with Gasteiger partial charge in [0.2, 0.25) is 5.89 Å². The first-order valence-corrected chi connectivity index (χ1v) is 59.7. The second-order valence-corrected chi connectivity index (χ2v) is 52.2. The molecule has 56 heteroatoms. The van der Waals surface area contributed by atoms with E-state index in [0.717, 1.165) is 76.0 Å². The van der Waals surface area contributed by atoms with Gasteiger partial charge in [-0.1, -0.05) is 366 Å². The molecule has 810 valence electrons. The summed E-state index contributed by atoms with van der Waals surface area (Å²) < 4.78 is 239. The summed E-state index contributed by atoms with van der Waals surface area (Å²) in [6.07, 6.45) is 5.49. The zero-order valence-corrected chi connectivity index (χ0v) is 92.1. The molecule has 0 aliphatic heterocycles. The minimum absolute atomic E-state index is 0. The van der Waals surface area contributed by atoms with Crippen LogP contribution in [0.2, 0.25) is 10.0 Å². The predicted octanol–water partition coefficient (Wildman–Crippen LogP) is 34.2. The maximum Gasteiger partial charge on any atom is 0.416 e. The van der Waals surface area contributed by atoms with Crippen molar-refractivity contribution in [2.75, 3.05) is 0 Å². The van der Waals surface area contributed by atoms with E-state index in [-0.39, 0.29) is 78.1 Å². The van der Waals surface area contributed by atoms with Crippen LogP contribution in [0.1, 0.15) is 163 Å². The number of rotatable bonds is 31. The SMILES string of the molecule is C.C.C.C.C.C.CC(C)(C)c1ccc(-c2nnc(SCc3ccc(C(F)(F)P(=O)(O)O)c(Br)c3)o2)cc1.O=P(O)(O)C(F)(F)c1ccc(CSC2CCCC2)cc1Br.O=P(O)(O)C(F)(F)c1ccc(CSc2ncc(-c3ccc(Cl)cc3)[nH]2)cc1Br.O=P(O)(O)C(F)(F)c1ccc(CSc2ncc(-c3cccc(Cl)c3)cn2)cc1Br.O=P(O)(O)C(F)(F)c1ccc(CSc2nnc(SCc3cccc(C(F)(F)F)c3)s2)cc1Br. The number of benzene rings is 9. The molecule has 0 spiro atoms. The fourth-order valence-electron chi connectivity index (χ4n) is 12.3. The average Bonchev–Trinajstić information content (AvgIpc) is 1.28. The lowest BCUT2D eigenvalue weighted by Gasteiger charge is -2.19. The van der Waals surface area contributed by atoms with E-state index < -0.39 is 106 Å². The Kier molecular flexibility index (Phi) is 51.8. The smallest absolute Gasteiger partial charge is 0.411 e. The number of hydrogen-bond donors (Lipinski definition) is 11. The lowest BCUT2D eigenvalue weighted by molar-refractivity contribution is -0.137. The van der Waals surface area contributed by atoms with Crippen molar-refractivity contribution in [3.8, 4) is 33.8 Å². The molecule has 9 aromatic carbocycles. The molecule has 0 saturated heterocycles. The van der Waals surface area contributed by atoms with Crippen molar-refractivity contribution in [2.24, 2.45) is 0 Å². The van der Waals surface area contributed by atoms with Gasteiger partial charge in [-0.05, 0) is 141 Å². The molecule has 4 aromatic heterocycles. The van der Waals surface area contributed by atoms with Gasteiger partial charge in [0.25, 0.3) is 5.22 Å². The van der Waals surface area contributed by atoms with E-state index in [1.807, 2.05) is 48.5 Å². The lowest BCUT2D eigenvalue weighted by Crippen LogP contribution is -2.14. The second-order valence-electron chi connectivity index (χ2n) is 31.3. The molecule has 13 aromatic rings. The zero-order chi connectivity index (χ0) is 105. The molecule has 1 fully saturated rings. The highest BCUT2D eigenvalue weighted by molar-refractivity contribution is 9.11. The Balaban J connectivity index is 0.000000384. The van der Waals surface area contributed by atoms with Gasteiger partial charge >= 0.3 is 72.5 Å². The Hall–Kier alpha value is -5.11. The van der Waals surface area contributed by atoms with Crippen LogP contribution >= 0.6 is 223 Å². The first-order valence-electron chi connectivity index (χ1n) is 40.1. The summed E-state index contributed by atoms with van der Waals surface area (Å²) in [7, 11) is -28.1. The molecule has 0 radical (unpaired) electrons. The Labute approximate surface area is 927 Å². The van der Waals surface area contributed by atoms with Gasteiger partial charge in [0.15, 0.2) is 19.0 Å². The van der Waals surface area contributed by atoms with Crippen LogP contribution in [0.5, 0.6) is 0 Å². The molecule has 1 aliphatic rings. The van der Waals surface area contributed by atoms with Gasteiger partial charge < -0.3 is 58.3 Å². The molecule has 1 aliphatic carbocycles. The number of alkyl halides is 13. The first-order chi connectivity index (χ1) is 65.9. The highest BCUT2D eigenvalue weighted by atomic mass is 79.9. The molecule has 11 N–H and O–H groups in total. The zero-order valence-electron chi connectivity index (χ0n) is 72.5. The summed E-state index contributed by atoms with van der Waals surface area (Å²) in [5, 5.41) is 19.4. The van der Waals surface area contributed by atoms with Crippen LogP contribution in [-0.4, -0.2) is 94.5 Å². The van der Waals surface area contributed by atoms with Crippen molar-refractivity contribution in [3.05, 3.63) is 311 Å². The van der Waals surface area contributed by atoms with Crippen LogP contribution < -0.4 is 0 Å². The number of aromatic nitrogens is 8. The molecular formula is C92H99Br5Cl2F13N8O16P5S7. The third-order valence-corrected chi connectivity index (χ3v) is 36.0. The summed E-state index contributed by atoms with van der Waals surface area (Å²) in [5.41, 5.74) is -16.4. The Bertz CT molecular complexity index is 6850. The largest absolute Gasteiger partial charge is 0.416 e. The fraction of sp³-hybridized carbons (Fsp3) is 0.293. The van der Waals surface area contributed by atoms with Crippen LogP contribution in [0.25, 0.3) is 33.8 Å². The van der Waals surface area contributed by atoms with E-state index >= 15 is 0 Å². The number of halogens is 20. The summed E-state index contributed by atoms with van der Waals surface area (Å²) in [5.74, 6) is 2.85. The van der Waals surface area contributed by atoms with E-state index in [9.17, 15) is 79.9 Å². The van der Waals surface area contributed by atoms with Gasteiger partial charge in [-0.15, -0.1) is 20.4 Å². The monoisotopic (exact) mass is 2660 g/mol. The van der Waals surface area contributed by atoms with Gasteiger partial charge in [-0.25, -0.2) is 15.0 Å². The van der Waals surface area contributed by atoms with Gasteiger partial charge in [0.05, 0.1) is 17.5 Å². The highest BCUT2D eigenvalue weighted by Crippen LogP contribution is 2.65. The first kappa shape index (κ1) is 135. The van der Waals surface area contributed by atoms with Crippen molar-refractivity contribution >= 4 is 223 Å². The molecule has 148 heavy (non-hydrogen) atoms. The topological polar surface area (TPSA) is 407 Å². The van der Waals surface area contributed by atoms with Crippen molar-refractivity contribution < 1.29 is 133 Å². The van der Waals surface area contributed by atoms with E-state index in [2.05, 4.69) is 141 Å². The predicted molar refractivity (Wildman–Crippen MR) is 583 cm³/mol. The molecular weight excluding hydrogens is 2570 g/mol. The average molecular weight is 2670 g/mol. The molecule has 4 heterocycles. The van der Waals surface area contributed by atoms with Crippen molar-refractivity contribution in [3.63, 3.8) is 0 Å². The van der Waals surface area contributed by atoms with E-state index in [1.54, 1.807) is 60.7 Å². The Morgan fingerprint density at radius 3 is 1.12 bits per heavy atom. The maximum atomic E-state index is 13.9. The van der Waals surface area contributed by atoms with Gasteiger partial charge in [-0.2, -0.15) is 68.8 Å². The highest BCUT2D eigenvalue weighted by Gasteiger charge is 2.56. The normalized spacial score (nSPS) is 12.8. The minimum Gasteiger partial charge on any atom is -0.411 e. The number of H-pyrrole nitrogens is 1. The standard InChI is InChI=1S/C20H20BrF2N2O4PS.C18H13BrClF2N2O3PS.C18H13BrF5N2O3PS3.C17H13BrClF2N2O3PS.C13H16BrF2O3PS.6CH4/c1-19(2,3)14-7-5-13(6-8-14)17-24-25-18(29-17)31-11-12-4-9-15(16(21)10-12)20(22,23)30(26,27)28;19-16-6-11(4-5-15(16)18(21,22)28(25,26)27)10-29-17-23-8-13(9-24-17)12-2-1-3-14(20)7-12;19-14-7-11(4-5-13(14)18(23,24)30(27,28)29)9-32-16-26-25-15(33-16)31-8-10-2-1-3-12(6-10)17(20,21)22;18-14-7-10(1-6-13(14)17(20,21)27(24,25)26)9-28-16-22-8-15(23-16)11-2-4-12(19)5-3-11;14-12-7-9(8-21-10-3-1-2-4-10)5-6-11(12)13(15,16)20(17,18)19;;;;;;/h4-10H,11H2,1-3H3,(H2,26,27,28);1-9H,10H2,(H2,25,26,27);1-7H,8-9H2,(H2,27,28,29);1-8H,9H2,(H,22,23)(H2,24,25,26);5-7,10H,1-4,8H2,(H2,17,18,19);6*1H4. The Morgan fingerprint density at radius 1 is 0.378 bits per heavy atom. The van der Waals surface area contributed by atoms with Gasteiger partial charge in [0.1, 0.15) is 0 Å². The molecule has 0 atom stereocenters. The van der Waals surface area contributed by atoms with E-state index in [1.165, 1.54) is 168 Å². The number of nitrogens with zero attached hydrogens (tertiary/aromatic N) is 7. The third kappa shape index (κ3) is 37.0. The minimum atomic E-state index is -5.68. The number of imidazole rings is 1. The quantitative estimate of drug-likeness (QED) is 0.00832. The van der Waals surface area contributed by atoms with Crippen LogP contribution in [0.4, 0.5) is 57.1 Å². The summed E-state index contributed by atoms with van der Waals surface area (Å²) >= 11 is 36.1. The van der Waals surface area contributed by atoms with Crippen molar-refractivity contribution in [1.82, 2.24) is 40.3 Å². The maximum absolute atomic E-state index is 13.9. The summed E-state index contributed by atoms with van der Waals surface area (Å²) in [4.78, 5) is 105. The third-order valence-electron chi connectivity index (χ3n) is 19.8. The second kappa shape index (κ2) is 56.7. The number of nitrogens with one attached hydrogen (secondary N) is 1. The number of hydrogen-bond acceptors (Lipinski definition) is 20. The van der Waals surface area contributed by atoms with Crippen molar-refractivity contribution in [2.45, 2.75) is 195 Å². The van der Waals surface area contributed by atoms with Crippen molar-refractivity contribution in [1.29, 1.82) is 0 Å². The molecule has 14 rings (SSSR count). The molecule has 1 saturated carbocycles. The number of thioether (sulfide) groups is 6. The van der Waals surface area contributed by atoms with E-state index in [4.69, 9.17) is 76.6 Å². The van der Waals surface area contributed by atoms with Gasteiger partial charge in [0, 0.05) is 124 Å². The molecule has 0 bridgehead atoms. The summed E-state index contributed by atoms with van der Waals surface area (Å²) in [6, 6.07) is 46.6. The summed E-state index contributed by atoms with van der Waals surface area (Å²) in [6.45, 7) is 6.38. The lowest BCUT2D eigenvalue weighted by atomic mass is 9.87. The molecule has 0 amide bonds. The van der Waals surface area contributed by atoms with Gasteiger partial charge in [-0.3, -0.25) is 22.8 Å². The molecule has 24 nitrogen and oxygen atoms in total. The fourth-order valence-corrected chi connectivity index (χ4v) is 25.7. The van der Waals surface area contributed by atoms with Crippen LogP contribution in [0.15, 0.2) is 258 Å².